The van der Waals surface area contributed by atoms with E-state index in [-0.39, 0.29) is 5.92 Å². The monoisotopic (exact) mass is 276 g/mol. The molecule has 0 spiro atoms. The molecule has 104 valence electrons. The Kier molecular flexibility index (Phi) is 2.67. The van der Waals surface area contributed by atoms with Crippen molar-refractivity contribution in [2.24, 2.45) is 15.9 Å². The van der Waals surface area contributed by atoms with Gasteiger partial charge in [0.15, 0.2) is 0 Å². The molecule has 2 aliphatic rings. The van der Waals surface area contributed by atoms with Crippen LogP contribution in [0, 0.1) is 12.8 Å². The minimum atomic E-state index is 0.236. The minimum Gasteiger partial charge on any atom is -0.496 e. The van der Waals surface area contributed by atoms with Crippen molar-refractivity contribution in [3.63, 3.8) is 0 Å². The average Bonchev–Trinajstić information content (AvgIpc) is 2.53. The van der Waals surface area contributed by atoms with Crippen LogP contribution in [0.1, 0.15) is 22.6 Å². The molecule has 0 fully saturated rings. The van der Waals surface area contributed by atoms with E-state index in [0.29, 0.717) is 5.92 Å². The number of aryl methyl sites for hydroxylation is 1. The van der Waals surface area contributed by atoms with Crippen molar-refractivity contribution in [2.75, 3.05) is 7.11 Å². The number of benzene rings is 2. The highest BCUT2D eigenvalue weighted by Crippen LogP contribution is 2.46. The molecule has 2 aromatic rings. The summed E-state index contributed by atoms with van der Waals surface area (Å²) in [5, 5.41) is 0. The fraction of sp³-hybridized carbons (Fsp3) is 0.222. The second kappa shape index (κ2) is 4.55. The summed E-state index contributed by atoms with van der Waals surface area (Å²) < 4.78 is 5.42. The molecule has 4 rings (SSSR count). The highest BCUT2D eigenvalue weighted by molar-refractivity contribution is 5.93. The van der Waals surface area contributed by atoms with E-state index in [1.807, 2.05) is 24.6 Å². The largest absolute Gasteiger partial charge is 0.496 e. The Morgan fingerprint density at radius 1 is 0.952 bits per heavy atom. The first-order chi connectivity index (χ1) is 10.3. The van der Waals surface area contributed by atoms with Crippen LogP contribution < -0.4 is 4.74 Å². The third-order valence-electron chi connectivity index (χ3n) is 4.31. The summed E-state index contributed by atoms with van der Waals surface area (Å²) in [6.07, 6.45) is 4.01. The summed E-state index contributed by atoms with van der Waals surface area (Å²) in [7, 11) is 1.70. The van der Waals surface area contributed by atoms with E-state index >= 15 is 0 Å². The molecular weight excluding hydrogens is 260 g/mol. The van der Waals surface area contributed by atoms with Gasteiger partial charge in [0, 0.05) is 30.3 Å². The SMILES string of the molecule is COc1cc2c(cc1C)C1c3ccccc3N=CC1C=N2. The van der Waals surface area contributed by atoms with Crippen LogP contribution in [-0.4, -0.2) is 19.5 Å². The first-order valence-corrected chi connectivity index (χ1v) is 7.14. The Morgan fingerprint density at radius 3 is 2.52 bits per heavy atom. The molecule has 3 nitrogen and oxygen atoms in total. The Hall–Kier alpha value is -2.42. The lowest BCUT2D eigenvalue weighted by molar-refractivity contribution is 0.411. The molecule has 0 bridgehead atoms. The van der Waals surface area contributed by atoms with Gasteiger partial charge >= 0.3 is 0 Å². The fourth-order valence-corrected chi connectivity index (χ4v) is 3.27. The molecule has 0 radical (unpaired) electrons. The van der Waals surface area contributed by atoms with Crippen LogP contribution in [0.4, 0.5) is 11.4 Å². The zero-order valence-electron chi connectivity index (χ0n) is 12.1. The fourth-order valence-electron chi connectivity index (χ4n) is 3.27. The summed E-state index contributed by atoms with van der Waals surface area (Å²) in [5.74, 6) is 1.43. The van der Waals surface area contributed by atoms with Crippen LogP contribution in [0.25, 0.3) is 0 Å². The lowest BCUT2D eigenvalue weighted by Gasteiger charge is -2.31. The van der Waals surface area contributed by atoms with Gasteiger partial charge in [-0.25, -0.2) is 0 Å². The Bertz CT molecular complexity index is 777. The molecule has 2 heterocycles. The van der Waals surface area contributed by atoms with Crippen LogP contribution in [-0.2, 0) is 0 Å². The summed E-state index contributed by atoms with van der Waals surface area (Å²) in [4.78, 5) is 9.17. The highest BCUT2D eigenvalue weighted by Gasteiger charge is 2.32. The number of para-hydroxylation sites is 1. The van der Waals surface area contributed by atoms with Gasteiger partial charge in [-0.3, -0.25) is 9.98 Å². The first-order valence-electron chi connectivity index (χ1n) is 7.14. The van der Waals surface area contributed by atoms with Gasteiger partial charge in [0.1, 0.15) is 5.75 Å². The normalized spacial score (nSPS) is 21.4. The molecule has 0 saturated carbocycles. The van der Waals surface area contributed by atoms with Crippen molar-refractivity contribution in [3.05, 3.63) is 53.1 Å². The van der Waals surface area contributed by atoms with E-state index < -0.39 is 0 Å². The number of fused-ring (bicyclic) bond motifs is 5. The Morgan fingerprint density at radius 2 is 1.71 bits per heavy atom. The highest BCUT2D eigenvalue weighted by atomic mass is 16.5. The molecule has 0 amide bonds. The first kappa shape index (κ1) is 12.3. The molecule has 2 aliphatic heterocycles. The molecule has 2 aromatic carbocycles. The number of ether oxygens (including phenoxy) is 1. The van der Waals surface area contributed by atoms with Gasteiger partial charge < -0.3 is 4.74 Å². The minimum absolute atomic E-state index is 0.236. The van der Waals surface area contributed by atoms with Gasteiger partial charge in [0.25, 0.3) is 0 Å². The van der Waals surface area contributed by atoms with Gasteiger partial charge in [-0.15, -0.1) is 0 Å². The molecule has 0 saturated heterocycles. The zero-order valence-corrected chi connectivity index (χ0v) is 12.1. The smallest absolute Gasteiger partial charge is 0.123 e. The maximum absolute atomic E-state index is 5.42. The predicted octanol–water partition coefficient (Wildman–Crippen LogP) is 4.18. The lowest BCUT2D eigenvalue weighted by Crippen LogP contribution is -2.23. The maximum Gasteiger partial charge on any atom is 0.123 e. The number of hydrogen-bond acceptors (Lipinski definition) is 3. The average molecular weight is 276 g/mol. The maximum atomic E-state index is 5.42. The number of nitrogens with zero attached hydrogens (tertiary/aromatic N) is 2. The van der Waals surface area contributed by atoms with E-state index in [1.54, 1.807) is 7.11 Å². The van der Waals surface area contributed by atoms with Crippen LogP contribution >= 0.6 is 0 Å². The van der Waals surface area contributed by atoms with E-state index in [1.165, 1.54) is 11.1 Å². The van der Waals surface area contributed by atoms with Crippen molar-refractivity contribution in [2.45, 2.75) is 12.8 Å². The summed E-state index contributed by atoms with van der Waals surface area (Å²) in [6.45, 7) is 2.08. The van der Waals surface area contributed by atoms with Crippen molar-refractivity contribution in [1.29, 1.82) is 0 Å². The van der Waals surface area contributed by atoms with Gasteiger partial charge in [0.2, 0.25) is 0 Å². The van der Waals surface area contributed by atoms with Crippen molar-refractivity contribution >= 4 is 23.8 Å². The molecule has 3 heteroatoms. The molecular formula is C18H16N2O. The second-order valence-corrected chi connectivity index (χ2v) is 5.55. The van der Waals surface area contributed by atoms with Gasteiger partial charge in [-0.05, 0) is 35.7 Å². The second-order valence-electron chi connectivity index (χ2n) is 5.55. The number of hydrogen-bond donors (Lipinski definition) is 0. The van der Waals surface area contributed by atoms with E-state index in [0.717, 1.165) is 22.7 Å². The van der Waals surface area contributed by atoms with Gasteiger partial charge in [-0.1, -0.05) is 18.2 Å². The summed E-state index contributed by atoms with van der Waals surface area (Å²) in [5.41, 5.74) is 5.76. The van der Waals surface area contributed by atoms with Crippen LogP contribution in [0.15, 0.2) is 46.4 Å². The topological polar surface area (TPSA) is 34.0 Å². The number of rotatable bonds is 1. The van der Waals surface area contributed by atoms with Crippen molar-refractivity contribution in [1.82, 2.24) is 0 Å². The molecule has 2 atom stereocenters. The molecule has 0 aliphatic carbocycles. The number of methoxy groups -OCH3 is 1. The molecule has 21 heavy (non-hydrogen) atoms. The molecule has 0 aromatic heterocycles. The van der Waals surface area contributed by atoms with Gasteiger partial charge in [0.05, 0.1) is 18.5 Å². The molecule has 0 N–H and O–H groups in total. The van der Waals surface area contributed by atoms with Gasteiger partial charge in [-0.2, -0.15) is 0 Å². The quantitative estimate of drug-likeness (QED) is 0.769. The van der Waals surface area contributed by atoms with E-state index in [9.17, 15) is 0 Å². The number of aliphatic imine (C=N–C) groups is 2. The zero-order chi connectivity index (χ0) is 14.4. The standard InChI is InChI=1S/C18H16N2O/c1-11-7-14-16(8-17(11)21-2)20-10-12-9-19-15-6-4-3-5-13(15)18(12)14/h3-10,12,18H,1-2H3. The summed E-state index contributed by atoms with van der Waals surface area (Å²) in [6, 6.07) is 12.6. The predicted molar refractivity (Wildman–Crippen MR) is 85.8 cm³/mol. The van der Waals surface area contributed by atoms with Crippen LogP contribution in [0.3, 0.4) is 0 Å². The van der Waals surface area contributed by atoms with Crippen LogP contribution in [0.2, 0.25) is 0 Å². The Balaban J connectivity index is 1.94. The summed E-state index contributed by atoms with van der Waals surface area (Å²) >= 11 is 0. The van der Waals surface area contributed by atoms with E-state index in [4.69, 9.17) is 4.74 Å². The Labute approximate surface area is 124 Å². The van der Waals surface area contributed by atoms with Crippen molar-refractivity contribution in [3.8, 4) is 5.75 Å². The third kappa shape index (κ3) is 1.81. The third-order valence-corrected chi connectivity index (χ3v) is 4.31. The molecule has 2 unspecified atom stereocenters. The van der Waals surface area contributed by atoms with Crippen LogP contribution in [0.5, 0.6) is 5.75 Å². The van der Waals surface area contributed by atoms with Crippen molar-refractivity contribution < 1.29 is 4.74 Å². The van der Waals surface area contributed by atoms with E-state index in [2.05, 4.69) is 41.2 Å². The lowest BCUT2D eigenvalue weighted by atomic mass is 9.77.